The lowest BCUT2D eigenvalue weighted by molar-refractivity contribution is 0.445. The van der Waals surface area contributed by atoms with Crippen LogP contribution in [0.2, 0.25) is 0 Å². The summed E-state index contributed by atoms with van der Waals surface area (Å²) in [5.41, 5.74) is 1.22. The van der Waals surface area contributed by atoms with E-state index in [9.17, 15) is 4.39 Å². The van der Waals surface area contributed by atoms with Crippen molar-refractivity contribution >= 4 is 5.96 Å². The normalized spacial score (nSPS) is 26.8. The van der Waals surface area contributed by atoms with Crippen molar-refractivity contribution in [1.82, 2.24) is 10.2 Å². The molecule has 1 heterocycles. The van der Waals surface area contributed by atoms with Crippen LogP contribution >= 0.6 is 0 Å². The van der Waals surface area contributed by atoms with Gasteiger partial charge in [-0.05, 0) is 30.5 Å². The number of hydrogen-bond donors (Lipinski definition) is 1. The van der Waals surface area contributed by atoms with Crippen molar-refractivity contribution < 1.29 is 4.39 Å². The van der Waals surface area contributed by atoms with Gasteiger partial charge in [0.2, 0.25) is 0 Å². The minimum atomic E-state index is -0.166. The molecule has 0 spiro atoms. The highest BCUT2D eigenvalue weighted by Crippen LogP contribution is 2.40. The molecule has 0 amide bonds. The average Bonchev–Trinajstić information content (AvgIpc) is 3.12. The maximum Gasteiger partial charge on any atom is 0.193 e. The monoisotopic (exact) mass is 247 g/mol. The Labute approximate surface area is 107 Å². The second kappa shape index (κ2) is 4.59. The van der Waals surface area contributed by atoms with Crippen LogP contribution in [0.4, 0.5) is 4.39 Å². The SMILES string of the molecule is CN1CCCN=C1N[C@@H]1C[C@H]1c1ccc(F)cc1. The van der Waals surface area contributed by atoms with E-state index in [0.717, 1.165) is 31.9 Å². The maximum absolute atomic E-state index is 12.9. The first-order valence-electron chi connectivity index (χ1n) is 6.51. The average molecular weight is 247 g/mol. The summed E-state index contributed by atoms with van der Waals surface area (Å²) in [5, 5.41) is 3.49. The molecule has 0 bridgehead atoms. The number of benzene rings is 1. The highest BCUT2D eigenvalue weighted by atomic mass is 19.1. The fourth-order valence-electron chi connectivity index (χ4n) is 2.47. The van der Waals surface area contributed by atoms with Gasteiger partial charge in [0.15, 0.2) is 5.96 Å². The number of aliphatic imine (C=N–C) groups is 1. The van der Waals surface area contributed by atoms with Gasteiger partial charge in [-0.25, -0.2) is 4.39 Å². The zero-order valence-corrected chi connectivity index (χ0v) is 10.6. The predicted octanol–water partition coefficient (Wildman–Crippen LogP) is 1.96. The molecule has 1 aliphatic carbocycles. The topological polar surface area (TPSA) is 27.6 Å². The second-order valence-corrected chi connectivity index (χ2v) is 5.13. The molecule has 18 heavy (non-hydrogen) atoms. The Morgan fingerprint density at radius 2 is 2.11 bits per heavy atom. The van der Waals surface area contributed by atoms with E-state index in [1.165, 1.54) is 17.7 Å². The summed E-state index contributed by atoms with van der Waals surface area (Å²) in [4.78, 5) is 6.67. The zero-order chi connectivity index (χ0) is 12.5. The van der Waals surface area contributed by atoms with E-state index in [2.05, 4.69) is 22.3 Å². The van der Waals surface area contributed by atoms with Crippen LogP contribution in [0.5, 0.6) is 0 Å². The predicted molar refractivity (Wildman–Crippen MR) is 70.2 cm³/mol. The minimum Gasteiger partial charge on any atom is -0.353 e. The molecule has 3 rings (SSSR count). The standard InChI is InChI=1S/C14H18FN3/c1-18-8-2-7-16-14(18)17-13-9-12(13)10-3-5-11(15)6-4-10/h3-6,12-13H,2,7-9H2,1H3,(H,16,17)/t12-,13+/m0/s1. The van der Waals surface area contributed by atoms with Crippen LogP contribution in [0.3, 0.4) is 0 Å². The number of guanidine groups is 1. The fourth-order valence-corrected chi connectivity index (χ4v) is 2.47. The third kappa shape index (κ3) is 2.33. The van der Waals surface area contributed by atoms with E-state index in [-0.39, 0.29) is 5.82 Å². The number of hydrogen-bond acceptors (Lipinski definition) is 3. The third-order valence-electron chi connectivity index (χ3n) is 3.68. The molecular weight excluding hydrogens is 229 g/mol. The molecule has 0 aromatic heterocycles. The molecule has 0 unspecified atom stereocenters. The number of halogens is 1. The van der Waals surface area contributed by atoms with Crippen molar-refractivity contribution in [3.05, 3.63) is 35.6 Å². The summed E-state index contributed by atoms with van der Waals surface area (Å²) in [6.45, 7) is 1.99. The molecular formula is C14H18FN3. The summed E-state index contributed by atoms with van der Waals surface area (Å²) in [6, 6.07) is 7.29. The number of nitrogens with zero attached hydrogens (tertiary/aromatic N) is 2. The quantitative estimate of drug-likeness (QED) is 0.865. The summed E-state index contributed by atoms with van der Waals surface area (Å²) in [5.74, 6) is 1.35. The Hall–Kier alpha value is -1.58. The van der Waals surface area contributed by atoms with Gasteiger partial charge in [-0.2, -0.15) is 0 Å². The highest BCUT2D eigenvalue weighted by Gasteiger charge is 2.39. The van der Waals surface area contributed by atoms with E-state index in [4.69, 9.17) is 0 Å². The molecule has 4 heteroatoms. The van der Waals surface area contributed by atoms with E-state index in [1.807, 2.05) is 12.1 Å². The van der Waals surface area contributed by atoms with Crippen molar-refractivity contribution in [2.24, 2.45) is 4.99 Å². The lowest BCUT2D eigenvalue weighted by Crippen LogP contribution is -2.43. The van der Waals surface area contributed by atoms with Gasteiger partial charge >= 0.3 is 0 Å². The summed E-state index contributed by atoms with van der Waals surface area (Å²) >= 11 is 0. The molecule has 1 N–H and O–H groups in total. The lowest BCUT2D eigenvalue weighted by Gasteiger charge is -2.25. The molecule has 1 aromatic rings. The van der Waals surface area contributed by atoms with Crippen molar-refractivity contribution in [1.29, 1.82) is 0 Å². The first-order chi connectivity index (χ1) is 8.74. The molecule has 1 fully saturated rings. The minimum absolute atomic E-state index is 0.166. The number of rotatable bonds is 2. The molecule has 0 radical (unpaired) electrons. The molecule has 1 aromatic carbocycles. The summed E-state index contributed by atoms with van der Waals surface area (Å²) < 4.78 is 12.9. The van der Waals surface area contributed by atoms with Gasteiger partial charge in [0.25, 0.3) is 0 Å². The molecule has 0 saturated heterocycles. The van der Waals surface area contributed by atoms with Crippen molar-refractivity contribution in [2.45, 2.75) is 24.8 Å². The first-order valence-corrected chi connectivity index (χ1v) is 6.51. The Kier molecular flexibility index (Phi) is 2.94. The van der Waals surface area contributed by atoms with Crippen LogP contribution in [-0.4, -0.2) is 37.0 Å². The van der Waals surface area contributed by atoms with Crippen molar-refractivity contribution in [3.8, 4) is 0 Å². The van der Waals surface area contributed by atoms with Gasteiger partial charge in [-0.15, -0.1) is 0 Å². The third-order valence-corrected chi connectivity index (χ3v) is 3.68. The van der Waals surface area contributed by atoms with Crippen LogP contribution in [0.15, 0.2) is 29.3 Å². The largest absolute Gasteiger partial charge is 0.353 e. The van der Waals surface area contributed by atoms with Gasteiger partial charge in [0.1, 0.15) is 5.82 Å². The van der Waals surface area contributed by atoms with E-state index < -0.39 is 0 Å². The Balaban J connectivity index is 1.61. The first kappa shape index (κ1) is 11.5. The summed E-state index contributed by atoms with van der Waals surface area (Å²) in [6.07, 6.45) is 2.24. The smallest absolute Gasteiger partial charge is 0.193 e. The summed E-state index contributed by atoms with van der Waals surface area (Å²) in [7, 11) is 2.07. The van der Waals surface area contributed by atoms with Gasteiger partial charge in [0, 0.05) is 32.1 Å². The Morgan fingerprint density at radius 3 is 2.83 bits per heavy atom. The van der Waals surface area contributed by atoms with Crippen LogP contribution in [-0.2, 0) is 0 Å². The number of nitrogens with one attached hydrogen (secondary N) is 1. The van der Waals surface area contributed by atoms with E-state index >= 15 is 0 Å². The van der Waals surface area contributed by atoms with Gasteiger partial charge in [-0.3, -0.25) is 4.99 Å². The van der Waals surface area contributed by atoms with Gasteiger partial charge in [0.05, 0.1) is 0 Å². The molecule has 3 nitrogen and oxygen atoms in total. The van der Waals surface area contributed by atoms with Crippen molar-refractivity contribution in [3.63, 3.8) is 0 Å². The molecule has 1 saturated carbocycles. The van der Waals surface area contributed by atoms with Crippen LogP contribution < -0.4 is 5.32 Å². The maximum atomic E-state index is 12.9. The zero-order valence-electron chi connectivity index (χ0n) is 10.6. The molecule has 2 aliphatic rings. The highest BCUT2D eigenvalue weighted by molar-refractivity contribution is 5.81. The second-order valence-electron chi connectivity index (χ2n) is 5.13. The van der Waals surface area contributed by atoms with Crippen molar-refractivity contribution in [2.75, 3.05) is 20.1 Å². The van der Waals surface area contributed by atoms with Crippen LogP contribution in [0.25, 0.3) is 0 Å². The Morgan fingerprint density at radius 1 is 1.33 bits per heavy atom. The van der Waals surface area contributed by atoms with Crippen LogP contribution in [0.1, 0.15) is 24.3 Å². The fraction of sp³-hybridized carbons (Fsp3) is 0.500. The lowest BCUT2D eigenvalue weighted by atomic mass is 10.1. The van der Waals surface area contributed by atoms with Crippen LogP contribution in [0, 0.1) is 5.82 Å². The van der Waals surface area contributed by atoms with Gasteiger partial charge < -0.3 is 10.2 Å². The van der Waals surface area contributed by atoms with Gasteiger partial charge in [-0.1, -0.05) is 12.1 Å². The molecule has 96 valence electrons. The molecule has 1 aliphatic heterocycles. The Bertz CT molecular complexity index is 455. The molecule has 2 atom stereocenters. The van der Waals surface area contributed by atoms with E-state index in [1.54, 1.807) is 0 Å². The van der Waals surface area contributed by atoms with E-state index in [0.29, 0.717) is 12.0 Å².